The number of hydrogen-bond donors (Lipinski definition) is 0. The third-order valence-corrected chi connectivity index (χ3v) is 4.51. The summed E-state index contributed by atoms with van der Waals surface area (Å²) in [6.07, 6.45) is 0. The Morgan fingerprint density at radius 1 is 1.10 bits per heavy atom. The highest BCUT2D eigenvalue weighted by Crippen LogP contribution is 2.25. The van der Waals surface area contributed by atoms with Crippen molar-refractivity contribution in [2.45, 2.75) is 53.0 Å². The second-order valence-electron chi connectivity index (χ2n) is 5.64. The van der Waals surface area contributed by atoms with Crippen molar-refractivity contribution in [1.82, 2.24) is 34.6 Å². The minimum atomic E-state index is 0.261. The molecule has 8 heteroatoms. The molecular weight excluding hydrogens is 286 g/mol. The van der Waals surface area contributed by atoms with Gasteiger partial charge >= 0.3 is 0 Å². The second kappa shape index (κ2) is 5.18. The van der Waals surface area contributed by atoms with Gasteiger partial charge in [-0.15, -0.1) is 10.2 Å². The van der Waals surface area contributed by atoms with Gasteiger partial charge in [-0.05, 0) is 13.8 Å². The third kappa shape index (κ3) is 2.55. The first-order valence-electron chi connectivity index (χ1n) is 7.05. The first-order chi connectivity index (χ1) is 9.95. The normalized spacial score (nSPS) is 13.4. The first-order valence-corrected chi connectivity index (χ1v) is 7.87. The molecule has 0 aliphatic carbocycles. The lowest BCUT2D eigenvalue weighted by atomic mass is 10.2. The van der Waals surface area contributed by atoms with Gasteiger partial charge in [-0.3, -0.25) is 0 Å². The SMILES string of the molecule is Cc1nc(C)n(CC(C)c2nn3c(C(C)C)nnc3s2)n1. The molecule has 0 aliphatic heterocycles. The van der Waals surface area contributed by atoms with Crippen molar-refractivity contribution in [3.05, 3.63) is 22.5 Å². The Balaban J connectivity index is 1.87. The van der Waals surface area contributed by atoms with Crippen LogP contribution in [0, 0.1) is 13.8 Å². The number of rotatable bonds is 4. The average molecular weight is 305 g/mol. The number of hydrogen-bond acceptors (Lipinski definition) is 6. The molecule has 7 nitrogen and oxygen atoms in total. The largest absolute Gasteiger partial charge is 0.249 e. The van der Waals surface area contributed by atoms with E-state index in [4.69, 9.17) is 0 Å². The van der Waals surface area contributed by atoms with Crippen molar-refractivity contribution in [3.63, 3.8) is 0 Å². The maximum absolute atomic E-state index is 4.68. The molecule has 0 saturated heterocycles. The summed E-state index contributed by atoms with van der Waals surface area (Å²) in [5, 5.41) is 18.5. The van der Waals surface area contributed by atoms with E-state index in [2.05, 4.69) is 46.1 Å². The maximum Gasteiger partial charge on any atom is 0.234 e. The predicted molar refractivity (Wildman–Crippen MR) is 80.7 cm³/mol. The summed E-state index contributed by atoms with van der Waals surface area (Å²) >= 11 is 1.59. The molecule has 0 amide bonds. The van der Waals surface area contributed by atoms with E-state index in [1.807, 2.05) is 23.0 Å². The summed E-state index contributed by atoms with van der Waals surface area (Å²) in [4.78, 5) is 5.19. The van der Waals surface area contributed by atoms with Crippen molar-refractivity contribution in [3.8, 4) is 0 Å². The number of fused-ring (bicyclic) bond motifs is 1. The van der Waals surface area contributed by atoms with Crippen LogP contribution in [0.15, 0.2) is 0 Å². The first kappa shape index (κ1) is 14.1. The minimum Gasteiger partial charge on any atom is -0.249 e. The monoisotopic (exact) mass is 305 g/mol. The zero-order chi connectivity index (χ0) is 15.1. The molecule has 0 N–H and O–H groups in total. The van der Waals surface area contributed by atoms with Gasteiger partial charge in [0.2, 0.25) is 4.96 Å². The maximum atomic E-state index is 4.68. The molecule has 0 spiro atoms. The Labute approximate surface area is 127 Å². The average Bonchev–Trinajstić information content (AvgIpc) is 3.03. The highest BCUT2D eigenvalue weighted by Gasteiger charge is 2.18. The van der Waals surface area contributed by atoms with Gasteiger partial charge in [0, 0.05) is 11.8 Å². The lowest BCUT2D eigenvalue weighted by Crippen LogP contribution is -2.10. The Morgan fingerprint density at radius 2 is 1.86 bits per heavy atom. The summed E-state index contributed by atoms with van der Waals surface area (Å²) in [6.45, 7) is 11.0. The van der Waals surface area contributed by atoms with Crippen LogP contribution >= 0.6 is 11.3 Å². The Bertz CT molecular complexity index is 767. The lowest BCUT2D eigenvalue weighted by Gasteiger charge is -2.08. The molecule has 112 valence electrons. The van der Waals surface area contributed by atoms with Crippen LogP contribution in [-0.2, 0) is 6.54 Å². The minimum absolute atomic E-state index is 0.261. The highest BCUT2D eigenvalue weighted by atomic mass is 32.1. The molecule has 3 aromatic heterocycles. The molecule has 3 rings (SSSR count). The zero-order valence-electron chi connectivity index (χ0n) is 12.9. The van der Waals surface area contributed by atoms with Crippen LogP contribution in [-0.4, -0.2) is 34.6 Å². The Hall–Kier alpha value is -1.83. The molecule has 0 aromatic carbocycles. The lowest BCUT2D eigenvalue weighted by molar-refractivity contribution is 0.521. The van der Waals surface area contributed by atoms with Gasteiger partial charge < -0.3 is 0 Å². The topological polar surface area (TPSA) is 73.8 Å². The van der Waals surface area contributed by atoms with Crippen LogP contribution in [0.25, 0.3) is 4.96 Å². The molecule has 0 saturated carbocycles. The van der Waals surface area contributed by atoms with Gasteiger partial charge in [-0.25, -0.2) is 9.67 Å². The molecule has 1 unspecified atom stereocenters. The van der Waals surface area contributed by atoms with Crippen LogP contribution in [0.2, 0.25) is 0 Å². The summed E-state index contributed by atoms with van der Waals surface area (Å²) in [5.41, 5.74) is 0. The molecule has 0 fully saturated rings. The van der Waals surface area contributed by atoms with E-state index in [0.29, 0.717) is 5.92 Å². The van der Waals surface area contributed by atoms with E-state index in [1.165, 1.54) is 0 Å². The van der Waals surface area contributed by atoms with Crippen molar-refractivity contribution in [2.75, 3.05) is 0 Å². The van der Waals surface area contributed by atoms with Gasteiger partial charge in [0.1, 0.15) is 16.7 Å². The fourth-order valence-corrected chi connectivity index (χ4v) is 3.17. The van der Waals surface area contributed by atoms with Crippen LogP contribution in [0.4, 0.5) is 0 Å². The van der Waals surface area contributed by atoms with Crippen LogP contribution < -0.4 is 0 Å². The molecule has 0 bridgehead atoms. The molecular formula is C13H19N7S. The van der Waals surface area contributed by atoms with Crippen LogP contribution in [0.1, 0.15) is 55.1 Å². The highest BCUT2D eigenvalue weighted by molar-refractivity contribution is 7.16. The summed E-state index contributed by atoms with van der Waals surface area (Å²) in [5.74, 6) is 3.22. The van der Waals surface area contributed by atoms with Gasteiger partial charge in [-0.1, -0.05) is 32.1 Å². The summed E-state index contributed by atoms with van der Waals surface area (Å²) in [7, 11) is 0. The Kier molecular flexibility index (Phi) is 3.48. The predicted octanol–water partition coefficient (Wildman–Crippen LogP) is 2.32. The van der Waals surface area contributed by atoms with Crippen molar-refractivity contribution >= 4 is 16.3 Å². The number of nitrogens with zero attached hydrogens (tertiary/aromatic N) is 7. The van der Waals surface area contributed by atoms with E-state index in [-0.39, 0.29) is 5.92 Å². The molecule has 3 heterocycles. The van der Waals surface area contributed by atoms with Gasteiger partial charge in [0.05, 0.1) is 6.54 Å². The fourth-order valence-electron chi connectivity index (χ4n) is 2.28. The summed E-state index contributed by atoms with van der Waals surface area (Å²) < 4.78 is 3.80. The summed E-state index contributed by atoms with van der Waals surface area (Å²) in [6, 6.07) is 0. The molecule has 0 aliphatic rings. The standard InChI is InChI=1S/C13H19N7S/c1-7(2)11-15-16-13-20(11)18-12(21-13)8(3)6-19-10(5)14-9(4)17-19/h7-8H,6H2,1-5H3. The van der Waals surface area contributed by atoms with Crippen molar-refractivity contribution in [2.24, 2.45) is 0 Å². The molecule has 21 heavy (non-hydrogen) atoms. The molecule has 3 aromatic rings. The molecule has 1 atom stereocenters. The zero-order valence-corrected chi connectivity index (χ0v) is 13.7. The Morgan fingerprint density at radius 3 is 2.48 bits per heavy atom. The van der Waals surface area contributed by atoms with Crippen molar-refractivity contribution < 1.29 is 0 Å². The van der Waals surface area contributed by atoms with E-state index >= 15 is 0 Å². The van der Waals surface area contributed by atoms with E-state index in [0.717, 1.165) is 34.0 Å². The van der Waals surface area contributed by atoms with E-state index in [1.54, 1.807) is 11.3 Å². The van der Waals surface area contributed by atoms with Crippen molar-refractivity contribution in [1.29, 1.82) is 0 Å². The van der Waals surface area contributed by atoms with Crippen LogP contribution in [0.5, 0.6) is 0 Å². The molecule has 0 radical (unpaired) electrons. The van der Waals surface area contributed by atoms with E-state index < -0.39 is 0 Å². The van der Waals surface area contributed by atoms with E-state index in [9.17, 15) is 0 Å². The van der Waals surface area contributed by atoms with Gasteiger partial charge in [0.15, 0.2) is 5.82 Å². The number of aromatic nitrogens is 7. The number of aryl methyl sites for hydroxylation is 2. The fraction of sp³-hybridized carbons (Fsp3) is 0.615. The van der Waals surface area contributed by atoms with Gasteiger partial charge in [-0.2, -0.15) is 14.7 Å². The van der Waals surface area contributed by atoms with Gasteiger partial charge in [0.25, 0.3) is 0 Å². The van der Waals surface area contributed by atoms with Crippen LogP contribution in [0.3, 0.4) is 0 Å². The third-order valence-electron chi connectivity index (χ3n) is 3.38. The smallest absolute Gasteiger partial charge is 0.234 e. The second-order valence-corrected chi connectivity index (χ2v) is 6.62. The quantitative estimate of drug-likeness (QED) is 0.739.